The molecule has 1 aliphatic rings. The highest BCUT2D eigenvalue weighted by atomic mass is 79.9. The van der Waals surface area contributed by atoms with Gasteiger partial charge in [-0.25, -0.2) is 4.79 Å². The number of hydrogen-bond acceptors (Lipinski definition) is 7. The molecule has 4 rings (SSSR count). The highest BCUT2D eigenvalue weighted by Gasteiger charge is 2.34. The SMILES string of the molecule is CCOc1cc(C=C2C(=O)NC(=S)N(c3cccc(Br)c3)C2=O)ccc1OCc1ccc(C(=O)O)o1. The zero-order valence-corrected chi connectivity index (χ0v) is 21.2. The fraction of sp³-hybridized carbons (Fsp3) is 0.120. The smallest absolute Gasteiger partial charge is 0.371 e. The molecule has 0 atom stereocenters. The molecule has 2 N–H and O–H groups in total. The van der Waals surface area contributed by atoms with Crippen LogP contribution in [0.3, 0.4) is 0 Å². The zero-order valence-electron chi connectivity index (χ0n) is 18.8. The molecule has 2 aromatic carbocycles. The van der Waals surface area contributed by atoms with Gasteiger partial charge in [0.15, 0.2) is 16.6 Å². The molecule has 0 unspecified atom stereocenters. The fourth-order valence-corrected chi connectivity index (χ4v) is 4.06. The summed E-state index contributed by atoms with van der Waals surface area (Å²) < 4.78 is 17.4. The van der Waals surface area contributed by atoms with Gasteiger partial charge in [-0.3, -0.25) is 19.8 Å². The molecular formula is C25H19BrN2O7S. The van der Waals surface area contributed by atoms with Gasteiger partial charge in [-0.2, -0.15) is 0 Å². The van der Waals surface area contributed by atoms with Gasteiger partial charge in [-0.15, -0.1) is 0 Å². The lowest BCUT2D eigenvalue weighted by Crippen LogP contribution is -2.54. The van der Waals surface area contributed by atoms with Gasteiger partial charge in [0.05, 0.1) is 12.3 Å². The molecule has 9 nitrogen and oxygen atoms in total. The summed E-state index contributed by atoms with van der Waals surface area (Å²) in [6.07, 6.45) is 1.45. The third-order valence-electron chi connectivity index (χ3n) is 4.99. The van der Waals surface area contributed by atoms with Crippen molar-refractivity contribution < 1.29 is 33.4 Å². The molecule has 0 bridgehead atoms. The van der Waals surface area contributed by atoms with E-state index in [9.17, 15) is 14.4 Å². The van der Waals surface area contributed by atoms with Crippen LogP contribution in [0.4, 0.5) is 5.69 Å². The van der Waals surface area contributed by atoms with Crippen molar-refractivity contribution in [2.45, 2.75) is 13.5 Å². The largest absolute Gasteiger partial charge is 0.490 e. The molecule has 36 heavy (non-hydrogen) atoms. The monoisotopic (exact) mass is 570 g/mol. The number of ether oxygens (including phenoxy) is 2. The van der Waals surface area contributed by atoms with Crippen molar-refractivity contribution in [3.63, 3.8) is 0 Å². The van der Waals surface area contributed by atoms with E-state index in [-0.39, 0.29) is 23.1 Å². The minimum atomic E-state index is -1.17. The molecule has 0 spiro atoms. The van der Waals surface area contributed by atoms with Crippen LogP contribution in [-0.4, -0.2) is 34.6 Å². The first-order chi connectivity index (χ1) is 17.3. The number of hydrogen-bond donors (Lipinski definition) is 2. The maximum Gasteiger partial charge on any atom is 0.371 e. The van der Waals surface area contributed by atoms with Crippen LogP contribution in [0.25, 0.3) is 6.08 Å². The van der Waals surface area contributed by atoms with Crippen molar-refractivity contribution in [3.8, 4) is 11.5 Å². The Bertz CT molecular complexity index is 1400. The van der Waals surface area contributed by atoms with Gasteiger partial charge < -0.3 is 19.0 Å². The van der Waals surface area contributed by atoms with Crippen LogP contribution < -0.4 is 19.7 Å². The average Bonchev–Trinajstić information content (AvgIpc) is 3.31. The van der Waals surface area contributed by atoms with E-state index in [2.05, 4.69) is 21.2 Å². The highest BCUT2D eigenvalue weighted by molar-refractivity contribution is 9.10. The van der Waals surface area contributed by atoms with Crippen molar-refractivity contribution in [1.82, 2.24) is 5.32 Å². The lowest BCUT2D eigenvalue weighted by Gasteiger charge is -2.29. The van der Waals surface area contributed by atoms with E-state index >= 15 is 0 Å². The molecule has 0 aliphatic carbocycles. The van der Waals surface area contributed by atoms with E-state index in [0.29, 0.717) is 35.1 Å². The number of aromatic carboxylic acids is 1. The van der Waals surface area contributed by atoms with Crippen molar-refractivity contribution in [1.29, 1.82) is 0 Å². The number of amides is 2. The summed E-state index contributed by atoms with van der Waals surface area (Å²) >= 11 is 8.61. The topological polar surface area (TPSA) is 118 Å². The molecule has 11 heteroatoms. The number of carbonyl (C=O) groups excluding carboxylic acids is 2. The third-order valence-corrected chi connectivity index (χ3v) is 5.77. The Morgan fingerprint density at radius 3 is 2.64 bits per heavy atom. The van der Waals surface area contributed by atoms with Gasteiger partial charge in [0.2, 0.25) is 5.76 Å². The van der Waals surface area contributed by atoms with Crippen molar-refractivity contribution in [2.75, 3.05) is 11.5 Å². The molecule has 0 saturated carbocycles. The van der Waals surface area contributed by atoms with E-state index < -0.39 is 17.8 Å². The van der Waals surface area contributed by atoms with Gasteiger partial charge in [0.1, 0.15) is 17.9 Å². The molecule has 1 aliphatic heterocycles. The molecule has 184 valence electrons. The Morgan fingerprint density at radius 2 is 1.94 bits per heavy atom. The van der Waals surface area contributed by atoms with E-state index in [4.69, 9.17) is 31.2 Å². The van der Waals surface area contributed by atoms with Gasteiger partial charge in [0, 0.05) is 4.47 Å². The summed E-state index contributed by atoms with van der Waals surface area (Å²) in [6.45, 7) is 2.12. The molecule has 3 aromatic rings. The Kier molecular flexibility index (Phi) is 7.51. The maximum atomic E-state index is 13.2. The predicted octanol–water partition coefficient (Wildman–Crippen LogP) is 4.55. The van der Waals surface area contributed by atoms with E-state index in [1.54, 1.807) is 43.3 Å². The van der Waals surface area contributed by atoms with E-state index in [1.165, 1.54) is 23.1 Å². The second-order valence-corrected chi connectivity index (χ2v) is 8.74. The van der Waals surface area contributed by atoms with Crippen LogP contribution in [0, 0.1) is 0 Å². The van der Waals surface area contributed by atoms with Crippen LogP contribution in [0.15, 0.2) is 69.1 Å². The number of halogens is 1. The maximum absolute atomic E-state index is 13.2. The number of benzene rings is 2. The lowest BCUT2D eigenvalue weighted by atomic mass is 10.1. The Balaban J connectivity index is 1.59. The van der Waals surface area contributed by atoms with Crippen molar-refractivity contribution in [3.05, 3.63) is 81.7 Å². The summed E-state index contributed by atoms with van der Waals surface area (Å²) in [7, 11) is 0. The first-order valence-corrected chi connectivity index (χ1v) is 11.9. The molecule has 1 fully saturated rings. The van der Waals surface area contributed by atoms with E-state index in [0.717, 1.165) is 4.47 Å². The molecule has 0 radical (unpaired) electrons. The quantitative estimate of drug-likeness (QED) is 0.230. The first kappa shape index (κ1) is 25.1. The number of nitrogens with one attached hydrogen (secondary N) is 1. The summed E-state index contributed by atoms with van der Waals surface area (Å²) in [5.41, 5.74) is 0.932. The second-order valence-electron chi connectivity index (χ2n) is 7.44. The molecule has 1 saturated heterocycles. The number of anilines is 1. The van der Waals surface area contributed by atoms with E-state index in [1.807, 2.05) is 6.07 Å². The van der Waals surface area contributed by atoms with Crippen LogP contribution in [0.1, 0.15) is 28.8 Å². The van der Waals surface area contributed by atoms with Gasteiger partial charge in [-0.1, -0.05) is 28.1 Å². The van der Waals surface area contributed by atoms with Gasteiger partial charge in [0.25, 0.3) is 11.8 Å². The number of carboxylic acids is 1. The number of thiocarbonyl (C=S) groups is 1. The minimum Gasteiger partial charge on any atom is -0.490 e. The van der Waals surface area contributed by atoms with Crippen LogP contribution in [-0.2, 0) is 16.2 Å². The average molecular weight is 571 g/mol. The summed E-state index contributed by atoms with van der Waals surface area (Å²) in [4.78, 5) is 38.1. The molecule has 2 amide bonds. The molecule has 1 aromatic heterocycles. The van der Waals surface area contributed by atoms with Gasteiger partial charge >= 0.3 is 5.97 Å². The van der Waals surface area contributed by atoms with Gasteiger partial charge in [-0.05, 0) is 73.2 Å². The van der Waals surface area contributed by atoms with Crippen LogP contribution >= 0.6 is 28.1 Å². The fourth-order valence-electron chi connectivity index (χ4n) is 3.40. The summed E-state index contributed by atoms with van der Waals surface area (Å²) in [5.74, 6) is -1.45. The molecular weight excluding hydrogens is 552 g/mol. The third kappa shape index (κ3) is 5.47. The number of carboxylic acid groups (broad SMARTS) is 1. The number of carbonyl (C=O) groups is 3. The second kappa shape index (κ2) is 10.8. The van der Waals surface area contributed by atoms with Crippen LogP contribution in [0.2, 0.25) is 0 Å². The number of furan rings is 1. The Morgan fingerprint density at radius 1 is 1.14 bits per heavy atom. The normalized spacial score (nSPS) is 14.7. The summed E-state index contributed by atoms with van der Waals surface area (Å²) in [6, 6.07) is 14.8. The Hall–Kier alpha value is -3.96. The number of nitrogens with zero attached hydrogens (tertiary/aromatic N) is 1. The highest BCUT2D eigenvalue weighted by Crippen LogP contribution is 2.31. The minimum absolute atomic E-state index is 0.0111. The van der Waals surface area contributed by atoms with Crippen molar-refractivity contribution in [2.24, 2.45) is 0 Å². The first-order valence-electron chi connectivity index (χ1n) is 10.7. The predicted molar refractivity (Wildman–Crippen MR) is 138 cm³/mol. The van der Waals surface area contributed by atoms with Crippen molar-refractivity contribution >= 4 is 62.8 Å². The van der Waals surface area contributed by atoms with Crippen LogP contribution in [0.5, 0.6) is 11.5 Å². The number of rotatable bonds is 8. The zero-order chi connectivity index (χ0) is 25.8. The molecule has 2 heterocycles. The summed E-state index contributed by atoms with van der Waals surface area (Å²) in [5, 5.41) is 11.5. The lowest BCUT2D eigenvalue weighted by molar-refractivity contribution is -0.122. The Labute approximate surface area is 219 Å². The standard InChI is InChI=1S/C25H19BrN2O7S/c1-2-33-21-11-14(6-8-19(21)34-13-17-7-9-20(35-17)24(31)32)10-18-22(29)27-25(36)28(23(18)30)16-5-3-4-15(26)12-16/h3-12H,2,13H2,1H3,(H,31,32)(H,27,29,36).